The molecule has 0 aliphatic heterocycles. The molecule has 0 N–H and O–H groups in total. The molecule has 7 aromatic rings. The molecule has 0 atom stereocenters. The van der Waals surface area contributed by atoms with Crippen LogP contribution in [-0.2, 0) is 20.1 Å². The van der Waals surface area contributed by atoms with Gasteiger partial charge >= 0.3 is 0 Å². The molecule has 5 heteroatoms. The molecule has 2 heterocycles. The van der Waals surface area contributed by atoms with Crippen molar-refractivity contribution in [2.24, 2.45) is 0 Å². The summed E-state index contributed by atoms with van der Waals surface area (Å²) in [4.78, 5) is 3.18. The minimum atomic E-state index is 0. The number of hydrogen-bond acceptors (Lipinski definition) is 4. The van der Waals surface area contributed by atoms with E-state index >= 15 is 0 Å². The molecule has 179 valence electrons. The van der Waals surface area contributed by atoms with Gasteiger partial charge in [0.15, 0.2) is 5.82 Å². The molecule has 0 unspecified atom stereocenters. The molecule has 0 saturated carbocycles. The molecule has 0 aliphatic rings. The summed E-state index contributed by atoms with van der Waals surface area (Å²) in [7, 11) is 0. The fourth-order valence-corrected chi connectivity index (χ4v) is 5.74. The first kappa shape index (κ1) is 23.5. The van der Waals surface area contributed by atoms with Crippen molar-refractivity contribution in [1.82, 2.24) is 10.2 Å². The third-order valence-electron chi connectivity index (χ3n) is 6.43. The normalized spacial score (nSPS) is 11.0. The van der Waals surface area contributed by atoms with E-state index in [9.17, 15) is 0 Å². The van der Waals surface area contributed by atoms with Crippen LogP contribution in [0.2, 0.25) is 0 Å². The Hall–Kier alpha value is -3.89. The summed E-state index contributed by atoms with van der Waals surface area (Å²) in [5.74, 6) is 0.804. The van der Waals surface area contributed by atoms with Gasteiger partial charge in [0.05, 0.1) is 0 Å². The standard InChI is InChI=1S/C32H20N3S.Ir/c1-3-14-25(15-4-1)35(26-16-5-2-6-17-26)32-28-20-23-12-8-7-11-22(23)19-27(28)31(33-34-32)30-21-24-13-9-10-18-29(24)36-30;/h1-20H;/q-1;. The van der Waals surface area contributed by atoms with Gasteiger partial charge < -0.3 is 0 Å². The van der Waals surface area contributed by atoms with E-state index < -0.39 is 0 Å². The Morgan fingerprint density at radius 2 is 1.16 bits per heavy atom. The van der Waals surface area contributed by atoms with Gasteiger partial charge in [-0.1, -0.05) is 78.9 Å². The number of para-hydroxylation sites is 2. The predicted octanol–water partition coefficient (Wildman–Crippen LogP) is 8.93. The number of nitrogens with zero attached hydrogens (tertiary/aromatic N) is 3. The minimum absolute atomic E-state index is 0. The van der Waals surface area contributed by atoms with Crippen LogP contribution in [0.15, 0.2) is 121 Å². The summed E-state index contributed by atoms with van der Waals surface area (Å²) in [5.41, 5.74) is 2.93. The van der Waals surface area contributed by atoms with Crippen molar-refractivity contribution >= 4 is 60.2 Å². The van der Waals surface area contributed by atoms with Crippen LogP contribution in [0.5, 0.6) is 0 Å². The van der Waals surface area contributed by atoms with Crippen molar-refractivity contribution in [2.75, 3.05) is 4.90 Å². The maximum absolute atomic E-state index is 4.88. The van der Waals surface area contributed by atoms with E-state index in [-0.39, 0.29) is 20.1 Å². The fourth-order valence-electron chi connectivity index (χ4n) is 4.73. The predicted molar refractivity (Wildman–Crippen MR) is 151 cm³/mol. The molecule has 3 nitrogen and oxygen atoms in total. The van der Waals surface area contributed by atoms with Gasteiger partial charge in [-0.05, 0) is 56.1 Å². The third kappa shape index (κ3) is 4.21. The number of fused-ring (bicyclic) bond motifs is 3. The first-order valence-electron chi connectivity index (χ1n) is 11.9. The van der Waals surface area contributed by atoms with E-state index in [0.29, 0.717) is 0 Å². The van der Waals surface area contributed by atoms with Crippen LogP contribution in [0.1, 0.15) is 0 Å². The van der Waals surface area contributed by atoms with Crippen LogP contribution >= 0.6 is 11.3 Å². The monoisotopic (exact) mass is 671 g/mol. The second-order valence-electron chi connectivity index (χ2n) is 8.68. The molecule has 0 amide bonds. The van der Waals surface area contributed by atoms with E-state index in [4.69, 9.17) is 10.2 Å². The Morgan fingerprint density at radius 3 is 1.81 bits per heavy atom. The quantitative estimate of drug-likeness (QED) is 0.138. The number of benzene rings is 5. The SMILES string of the molecule is [Ir].[c-]1c(-c2nnc(N(c3ccccc3)c3ccccc3)c3cc4ccccc4cc23)sc2ccccc12. The van der Waals surface area contributed by atoms with Gasteiger partial charge in [-0.25, -0.2) is 11.3 Å². The number of hydrogen-bond donors (Lipinski definition) is 0. The van der Waals surface area contributed by atoms with Crippen LogP contribution in [0, 0.1) is 6.07 Å². The summed E-state index contributed by atoms with van der Waals surface area (Å²) < 4.78 is 1.20. The van der Waals surface area contributed by atoms with Crippen LogP contribution in [0.4, 0.5) is 17.2 Å². The van der Waals surface area contributed by atoms with Crippen LogP contribution in [0.3, 0.4) is 0 Å². The van der Waals surface area contributed by atoms with E-state index in [1.807, 2.05) is 18.2 Å². The molecule has 0 aliphatic carbocycles. The zero-order chi connectivity index (χ0) is 23.9. The summed E-state index contributed by atoms with van der Waals surface area (Å²) in [6, 6.07) is 45.6. The van der Waals surface area contributed by atoms with Crippen LogP contribution in [0.25, 0.3) is 42.2 Å². The number of thiophene rings is 1. The number of aromatic nitrogens is 2. The van der Waals surface area contributed by atoms with Gasteiger partial charge in [-0.3, -0.25) is 4.90 Å². The second kappa shape index (κ2) is 9.87. The van der Waals surface area contributed by atoms with Crippen molar-refractivity contribution in [3.05, 3.63) is 127 Å². The zero-order valence-corrected chi connectivity index (χ0v) is 22.8. The van der Waals surface area contributed by atoms with E-state index in [1.165, 1.54) is 15.5 Å². The first-order chi connectivity index (χ1) is 17.8. The Morgan fingerprint density at radius 1 is 0.595 bits per heavy atom. The van der Waals surface area contributed by atoms with Crippen molar-refractivity contribution in [1.29, 1.82) is 0 Å². The Labute approximate surface area is 232 Å². The van der Waals surface area contributed by atoms with Crippen molar-refractivity contribution in [3.8, 4) is 10.6 Å². The van der Waals surface area contributed by atoms with E-state index in [2.05, 4.69) is 114 Å². The Bertz CT molecular complexity index is 1780. The van der Waals surface area contributed by atoms with Gasteiger partial charge in [0.25, 0.3) is 0 Å². The summed E-state index contributed by atoms with van der Waals surface area (Å²) in [6.07, 6.45) is 0. The van der Waals surface area contributed by atoms with Gasteiger partial charge in [-0.2, -0.15) is 5.10 Å². The summed E-state index contributed by atoms with van der Waals surface area (Å²) >= 11 is 1.71. The molecule has 37 heavy (non-hydrogen) atoms. The Balaban J connectivity index is 0.00000252. The second-order valence-corrected chi connectivity index (χ2v) is 9.73. The van der Waals surface area contributed by atoms with E-state index in [0.717, 1.165) is 43.9 Å². The topological polar surface area (TPSA) is 29.0 Å². The number of rotatable bonds is 4. The zero-order valence-electron chi connectivity index (χ0n) is 19.6. The molecular formula is C32H20IrN3S-. The average Bonchev–Trinajstić information content (AvgIpc) is 3.37. The van der Waals surface area contributed by atoms with Gasteiger partial charge in [0, 0.05) is 42.6 Å². The van der Waals surface area contributed by atoms with Crippen LogP contribution in [-0.4, -0.2) is 10.2 Å². The molecule has 7 rings (SSSR count). The molecule has 0 bridgehead atoms. The molecule has 5 aromatic carbocycles. The Kier molecular flexibility index (Phi) is 6.27. The minimum Gasteiger partial charge on any atom is -0.293 e. The molecule has 0 spiro atoms. The smallest absolute Gasteiger partial charge is 0.166 e. The van der Waals surface area contributed by atoms with Gasteiger partial charge in [0.1, 0.15) is 0 Å². The summed E-state index contributed by atoms with van der Waals surface area (Å²) in [5, 5.41) is 15.3. The average molecular weight is 671 g/mol. The third-order valence-corrected chi connectivity index (χ3v) is 7.50. The summed E-state index contributed by atoms with van der Waals surface area (Å²) in [6.45, 7) is 0. The van der Waals surface area contributed by atoms with Crippen molar-refractivity contribution < 1.29 is 20.1 Å². The maximum Gasteiger partial charge on any atom is 0.166 e. The molecular weight excluding hydrogens is 651 g/mol. The molecule has 0 fully saturated rings. The van der Waals surface area contributed by atoms with Crippen molar-refractivity contribution in [3.63, 3.8) is 0 Å². The molecule has 1 radical (unpaired) electrons. The fraction of sp³-hybridized carbons (Fsp3) is 0. The van der Waals surface area contributed by atoms with Gasteiger partial charge in [-0.15, -0.1) is 28.7 Å². The first-order valence-corrected chi connectivity index (χ1v) is 12.7. The number of anilines is 3. The van der Waals surface area contributed by atoms with Crippen molar-refractivity contribution in [2.45, 2.75) is 0 Å². The largest absolute Gasteiger partial charge is 0.293 e. The maximum atomic E-state index is 4.88. The molecule has 0 saturated heterocycles. The van der Waals surface area contributed by atoms with Crippen LogP contribution < -0.4 is 4.90 Å². The van der Waals surface area contributed by atoms with Gasteiger partial charge in [0.2, 0.25) is 0 Å². The molecule has 2 aromatic heterocycles. The van der Waals surface area contributed by atoms with E-state index in [1.54, 1.807) is 11.3 Å².